The summed E-state index contributed by atoms with van der Waals surface area (Å²) < 4.78 is 37.7. The molecule has 0 fully saturated rings. The third-order valence-electron chi connectivity index (χ3n) is 3.41. The van der Waals surface area contributed by atoms with Gasteiger partial charge in [-0.15, -0.1) is 0 Å². The number of carbonyl (C=O) groups excluding carboxylic acids is 1. The van der Waals surface area contributed by atoms with Gasteiger partial charge in [-0.25, -0.2) is 8.42 Å². The Balaban J connectivity index is 2.40. The van der Waals surface area contributed by atoms with Gasteiger partial charge in [-0.05, 0) is 57.2 Å². The van der Waals surface area contributed by atoms with Crippen LogP contribution in [0.1, 0.15) is 20.8 Å². The average molecular weight is 377 g/mol. The predicted octanol–water partition coefficient (Wildman–Crippen LogP) is 3.23. The molecular formula is C19H23NO5S. The third kappa shape index (κ3) is 4.98. The van der Waals surface area contributed by atoms with E-state index < -0.39 is 22.5 Å². The predicted molar refractivity (Wildman–Crippen MR) is 99.8 cm³/mol. The first-order valence-corrected chi connectivity index (χ1v) is 9.78. The van der Waals surface area contributed by atoms with E-state index in [-0.39, 0.29) is 11.0 Å². The molecule has 26 heavy (non-hydrogen) atoms. The van der Waals surface area contributed by atoms with Crippen molar-refractivity contribution in [2.75, 3.05) is 17.5 Å². The minimum absolute atomic E-state index is 0.103. The van der Waals surface area contributed by atoms with Crippen LogP contribution in [0.25, 0.3) is 0 Å². The molecule has 0 radical (unpaired) electrons. The zero-order valence-electron chi connectivity index (χ0n) is 15.1. The lowest BCUT2D eigenvalue weighted by Gasteiger charge is -2.24. The molecule has 0 amide bonds. The molecule has 0 saturated carbocycles. The van der Waals surface area contributed by atoms with E-state index in [1.807, 2.05) is 6.92 Å². The van der Waals surface area contributed by atoms with E-state index in [0.717, 1.165) is 4.31 Å². The van der Waals surface area contributed by atoms with Gasteiger partial charge in [0.2, 0.25) is 0 Å². The van der Waals surface area contributed by atoms with Crippen LogP contribution in [0, 0.1) is 0 Å². The second-order valence-corrected chi connectivity index (χ2v) is 7.65. The lowest BCUT2D eigenvalue weighted by atomic mass is 10.3. The summed E-state index contributed by atoms with van der Waals surface area (Å²) in [6.45, 7) is 5.38. The Morgan fingerprint density at radius 2 is 1.65 bits per heavy atom. The van der Waals surface area contributed by atoms with Crippen LogP contribution in [0.3, 0.4) is 0 Å². The van der Waals surface area contributed by atoms with E-state index in [2.05, 4.69) is 0 Å². The molecule has 2 rings (SSSR count). The van der Waals surface area contributed by atoms with E-state index in [1.165, 1.54) is 12.1 Å². The van der Waals surface area contributed by atoms with Crippen LogP contribution >= 0.6 is 0 Å². The molecular weight excluding hydrogens is 354 g/mol. The summed E-state index contributed by atoms with van der Waals surface area (Å²) in [5.41, 5.74) is 0.359. The number of carbonyl (C=O) groups is 1. The lowest BCUT2D eigenvalue weighted by molar-refractivity contribution is -0.145. The number of anilines is 1. The maximum Gasteiger partial charge on any atom is 0.327 e. The topological polar surface area (TPSA) is 72.9 Å². The summed E-state index contributed by atoms with van der Waals surface area (Å²) in [7, 11) is -3.92. The van der Waals surface area contributed by atoms with Crippen molar-refractivity contribution in [3.05, 3.63) is 54.6 Å². The maximum absolute atomic E-state index is 13.1. The zero-order valence-corrected chi connectivity index (χ0v) is 15.9. The zero-order chi connectivity index (χ0) is 19.2. The molecule has 2 aromatic rings. The van der Waals surface area contributed by atoms with E-state index >= 15 is 0 Å². The summed E-state index contributed by atoms with van der Waals surface area (Å²) in [4.78, 5) is 12.2. The monoisotopic (exact) mass is 377 g/mol. The van der Waals surface area contributed by atoms with Crippen LogP contribution in [0.4, 0.5) is 5.69 Å². The van der Waals surface area contributed by atoms with Gasteiger partial charge in [0.15, 0.2) is 0 Å². The van der Waals surface area contributed by atoms with Crippen molar-refractivity contribution in [1.29, 1.82) is 0 Å². The lowest BCUT2D eigenvalue weighted by Crippen LogP contribution is -2.37. The van der Waals surface area contributed by atoms with E-state index in [4.69, 9.17) is 9.47 Å². The molecule has 0 heterocycles. The van der Waals surface area contributed by atoms with Crippen molar-refractivity contribution in [3.8, 4) is 5.75 Å². The SMILES string of the molecule is CCOc1ccc(N(CC(=O)OC(C)C)S(=O)(=O)c2ccccc2)cc1. The van der Waals surface area contributed by atoms with Gasteiger partial charge < -0.3 is 9.47 Å². The molecule has 0 aliphatic rings. The molecule has 6 nitrogen and oxygen atoms in total. The minimum Gasteiger partial charge on any atom is -0.494 e. The van der Waals surface area contributed by atoms with Crippen molar-refractivity contribution >= 4 is 21.7 Å². The Hall–Kier alpha value is -2.54. The fourth-order valence-corrected chi connectivity index (χ4v) is 3.76. The summed E-state index contributed by atoms with van der Waals surface area (Å²) in [6, 6.07) is 14.5. The number of rotatable bonds is 8. The Morgan fingerprint density at radius 3 is 2.19 bits per heavy atom. The molecule has 0 aliphatic heterocycles. The standard InChI is InChI=1S/C19H23NO5S/c1-4-24-17-12-10-16(11-13-17)20(14-19(21)25-15(2)3)26(22,23)18-8-6-5-7-9-18/h5-13,15H,4,14H2,1-3H3. The van der Waals surface area contributed by atoms with E-state index in [0.29, 0.717) is 18.0 Å². The number of ether oxygens (including phenoxy) is 2. The van der Waals surface area contributed by atoms with Crippen LogP contribution in [-0.2, 0) is 19.6 Å². The maximum atomic E-state index is 13.1. The summed E-state index contributed by atoms with van der Waals surface area (Å²) in [6.07, 6.45) is -0.330. The molecule has 0 aliphatic carbocycles. The van der Waals surface area contributed by atoms with Crippen LogP contribution in [0.5, 0.6) is 5.75 Å². The summed E-state index contributed by atoms with van der Waals surface area (Å²) in [5, 5.41) is 0. The van der Waals surface area contributed by atoms with Gasteiger partial charge >= 0.3 is 5.97 Å². The molecule has 0 unspecified atom stereocenters. The molecule has 7 heteroatoms. The first-order chi connectivity index (χ1) is 12.3. The fourth-order valence-electron chi connectivity index (χ4n) is 2.33. The number of hydrogen-bond acceptors (Lipinski definition) is 5. The highest BCUT2D eigenvalue weighted by molar-refractivity contribution is 7.92. The Morgan fingerprint density at radius 1 is 1.04 bits per heavy atom. The second kappa shape index (κ2) is 8.71. The number of esters is 1. The average Bonchev–Trinajstić information content (AvgIpc) is 2.61. The van der Waals surface area contributed by atoms with Gasteiger partial charge in [0.1, 0.15) is 12.3 Å². The number of hydrogen-bond donors (Lipinski definition) is 0. The van der Waals surface area contributed by atoms with Crippen LogP contribution in [0.15, 0.2) is 59.5 Å². The van der Waals surface area contributed by atoms with Crippen molar-refractivity contribution in [2.45, 2.75) is 31.8 Å². The van der Waals surface area contributed by atoms with E-state index in [9.17, 15) is 13.2 Å². The van der Waals surface area contributed by atoms with Crippen molar-refractivity contribution in [3.63, 3.8) is 0 Å². The van der Waals surface area contributed by atoms with Crippen LogP contribution in [-0.4, -0.2) is 33.6 Å². The Labute approximate surface area is 154 Å². The summed E-state index contributed by atoms with van der Waals surface area (Å²) in [5.74, 6) is 0.00598. The van der Waals surface area contributed by atoms with Gasteiger partial charge in [-0.2, -0.15) is 0 Å². The highest BCUT2D eigenvalue weighted by Crippen LogP contribution is 2.26. The Bertz CT molecular complexity index is 817. The first kappa shape index (κ1) is 19.8. The van der Waals surface area contributed by atoms with Crippen molar-refractivity contribution < 1.29 is 22.7 Å². The molecule has 0 bridgehead atoms. The molecule has 0 spiro atoms. The van der Waals surface area contributed by atoms with Gasteiger partial charge in [0, 0.05) is 0 Å². The molecule has 0 saturated heterocycles. The van der Waals surface area contributed by atoms with Gasteiger partial charge in [0.05, 0.1) is 23.3 Å². The van der Waals surface area contributed by atoms with Crippen LogP contribution in [0.2, 0.25) is 0 Å². The normalized spacial score (nSPS) is 11.2. The molecule has 0 atom stereocenters. The number of sulfonamides is 1. The first-order valence-electron chi connectivity index (χ1n) is 8.34. The second-order valence-electron chi connectivity index (χ2n) is 5.79. The minimum atomic E-state index is -3.92. The van der Waals surface area contributed by atoms with Crippen LogP contribution < -0.4 is 9.04 Å². The van der Waals surface area contributed by atoms with Crippen molar-refractivity contribution in [1.82, 2.24) is 0 Å². The quantitative estimate of drug-likeness (QED) is 0.661. The number of benzene rings is 2. The molecule has 0 N–H and O–H groups in total. The highest BCUT2D eigenvalue weighted by Gasteiger charge is 2.28. The van der Waals surface area contributed by atoms with Gasteiger partial charge in [-0.3, -0.25) is 9.10 Å². The Kier molecular flexibility index (Phi) is 6.63. The largest absolute Gasteiger partial charge is 0.494 e. The fraction of sp³-hybridized carbons (Fsp3) is 0.316. The third-order valence-corrected chi connectivity index (χ3v) is 5.19. The highest BCUT2D eigenvalue weighted by atomic mass is 32.2. The summed E-state index contributed by atoms with van der Waals surface area (Å²) >= 11 is 0. The number of nitrogens with zero attached hydrogens (tertiary/aromatic N) is 1. The van der Waals surface area contributed by atoms with Gasteiger partial charge in [0.25, 0.3) is 10.0 Å². The molecule has 0 aromatic heterocycles. The van der Waals surface area contributed by atoms with E-state index in [1.54, 1.807) is 56.3 Å². The smallest absolute Gasteiger partial charge is 0.327 e. The van der Waals surface area contributed by atoms with Crippen molar-refractivity contribution in [2.24, 2.45) is 0 Å². The molecule has 140 valence electrons. The van der Waals surface area contributed by atoms with Gasteiger partial charge in [-0.1, -0.05) is 18.2 Å². The molecule has 2 aromatic carbocycles.